The van der Waals surface area contributed by atoms with Crippen LogP contribution in [0.3, 0.4) is 0 Å². The van der Waals surface area contributed by atoms with Gasteiger partial charge in [0.1, 0.15) is 23.5 Å². The highest BCUT2D eigenvalue weighted by Gasteiger charge is 1.96. The van der Waals surface area contributed by atoms with Crippen molar-refractivity contribution in [3.63, 3.8) is 0 Å². The minimum Gasteiger partial charge on any atom is -0.494 e. The number of benzene rings is 1. The summed E-state index contributed by atoms with van der Waals surface area (Å²) in [7, 11) is 0. The van der Waals surface area contributed by atoms with Crippen molar-refractivity contribution in [3.05, 3.63) is 35.4 Å². The first-order chi connectivity index (χ1) is 8.80. The molecule has 1 aromatic carbocycles. The fraction of sp³-hybridized carbons (Fsp3) is 0.214. The third kappa shape index (κ3) is 4.39. The Morgan fingerprint density at radius 2 is 1.78 bits per heavy atom. The van der Waals surface area contributed by atoms with Gasteiger partial charge in [0, 0.05) is 6.42 Å². The van der Waals surface area contributed by atoms with Crippen LogP contribution in [0.4, 0.5) is 0 Å². The Hall–Kier alpha value is -2.77. The summed E-state index contributed by atoms with van der Waals surface area (Å²) in [5, 5.41) is 25.6. The molecule has 4 heteroatoms. The van der Waals surface area contributed by atoms with E-state index in [1.165, 1.54) is 6.08 Å². The molecule has 1 aromatic rings. The molecular formula is C14H11N3O. The van der Waals surface area contributed by atoms with E-state index in [9.17, 15) is 0 Å². The molecule has 0 atom stereocenters. The molecule has 0 amide bonds. The van der Waals surface area contributed by atoms with Crippen LogP contribution in [0.5, 0.6) is 5.75 Å². The van der Waals surface area contributed by atoms with Crippen LogP contribution in [0.2, 0.25) is 0 Å². The molecule has 0 saturated carbocycles. The fourth-order valence-corrected chi connectivity index (χ4v) is 1.26. The van der Waals surface area contributed by atoms with Gasteiger partial charge < -0.3 is 4.74 Å². The summed E-state index contributed by atoms with van der Waals surface area (Å²) in [6.07, 6.45) is 2.69. The topological polar surface area (TPSA) is 80.6 Å². The molecule has 0 radical (unpaired) electrons. The van der Waals surface area contributed by atoms with Crippen LogP contribution < -0.4 is 4.74 Å². The molecule has 0 aliphatic heterocycles. The van der Waals surface area contributed by atoms with Gasteiger partial charge in [-0.1, -0.05) is 12.1 Å². The zero-order valence-corrected chi connectivity index (χ0v) is 9.76. The number of nitrogens with zero attached hydrogens (tertiary/aromatic N) is 3. The first-order valence-corrected chi connectivity index (χ1v) is 5.42. The molecule has 0 unspecified atom stereocenters. The summed E-state index contributed by atoms with van der Waals surface area (Å²) in [6.45, 7) is 0.504. The van der Waals surface area contributed by atoms with Crippen LogP contribution in [0, 0.1) is 34.0 Å². The van der Waals surface area contributed by atoms with Crippen molar-refractivity contribution in [1.29, 1.82) is 15.8 Å². The Bertz CT molecular complexity index is 522. The quantitative estimate of drug-likeness (QED) is 0.582. The number of rotatable bonds is 5. The monoisotopic (exact) mass is 237 g/mol. The summed E-state index contributed by atoms with van der Waals surface area (Å²) in [4.78, 5) is 0. The van der Waals surface area contributed by atoms with Gasteiger partial charge in [-0.15, -0.1) is 0 Å². The number of ether oxygens (including phenoxy) is 1. The molecule has 0 aliphatic rings. The van der Waals surface area contributed by atoms with Crippen molar-refractivity contribution in [2.24, 2.45) is 0 Å². The first-order valence-electron chi connectivity index (χ1n) is 5.42. The second kappa shape index (κ2) is 7.49. The van der Waals surface area contributed by atoms with E-state index >= 15 is 0 Å². The Morgan fingerprint density at radius 1 is 1.11 bits per heavy atom. The lowest BCUT2D eigenvalue weighted by Crippen LogP contribution is -1.96. The Kier molecular flexibility index (Phi) is 5.54. The van der Waals surface area contributed by atoms with E-state index in [-0.39, 0.29) is 5.57 Å². The van der Waals surface area contributed by atoms with E-state index in [1.807, 2.05) is 6.07 Å². The van der Waals surface area contributed by atoms with Crippen molar-refractivity contribution in [3.8, 4) is 24.0 Å². The lowest BCUT2D eigenvalue weighted by Gasteiger charge is -2.04. The van der Waals surface area contributed by atoms with Gasteiger partial charge in [0.15, 0.2) is 0 Å². The molecule has 0 aliphatic carbocycles. The second-order valence-corrected chi connectivity index (χ2v) is 3.46. The fourth-order valence-electron chi connectivity index (χ4n) is 1.26. The van der Waals surface area contributed by atoms with Gasteiger partial charge in [0.05, 0.1) is 12.7 Å². The van der Waals surface area contributed by atoms with Gasteiger partial charge in [-0.25, -0.2) is 0 Å². The van der Waals surface area contributed by atoms with Crippen LogP contribution in [0.25, 0.3) is 6.08 Å². The smallest absolute Gasteiger partial charge is 0.130 e. The van der Waals surface area contributed by atoms with Gasteiger partial charge in [0.25, 0.3) is 0 Å². The molecule has 88 valence electrons. The minimum atomic E-state index is 0.0673. The Morgan fingerprint density at radius 3 is 2.33 bits per heavy atom. The molecule has 0 aromatic heterocycles. The predicted octanol–water partition coefficient (Wildman–Crippen LogP) is 2.80. The summed E-state index contributed by atoms with van der Waals surface area (Å²) >= 11 is 0. The number of nitriles is 3. The SMILES string of the molecule is N#CCCCOc1ccc(C=C(C#N)C#N)cc1. The molecule has 0 bridgehead atoms. The molecule has 18 heavy (non-hydrogen) atoms. The van der Waals surface area contributed by atoms with E-state index in [1.54, 1.807) is 36.4 Å². The van der Waals surface area contributed by atoms with E-state index in [0.29, 0.717) is 25.2 Å². The number of hydrogen-bond acceptors (Lipinski definition) is 4. The van der Waals surface area contributed by atoms with Crippen LogP contribution >= 0.6 is 0 Å². The summed E-state index contributed by atoms with van der Waals surface area (Å²) in [5.41, 5.74) is 0.843. The number of unbranched alkanes of at least 4 members (excludes halogenated alkanes) is 1. The molecule has 4 nitrogen and oxygen atoms in total. The maximum absolute atomic E-state index is 8.62. The highest BCUT2D eigenvalue weighted by Crippen LogP contribution is 2.14. The Labute approximate surface area is 106 Å². The van der Waals surface area contributed by atoms with Gasteiger partial charge in [0.2, 0.25) is 0 Å². The third-order valence-corrected chi connectivity index (χ3v) is 2.13. The lowest BCUT2D eigenvalue weighted by atomic mass is 10.1. The largest absolute Gasteiger partial charge is 0.494 e. The van der Waals surface area contributed by atoms with E-state index in [4.69, 9.17) is 20.5 Å². The molecule has 0 saturated heterocycles. The van der Waals surface area contributed by atoms with Gasteiger partial charge >= 0.3 is 0 Å². The van der Waals surface area contributed by atoms with Gasteiger partial charge in [-0.05, 0) is 30.2 Å². The second-order valence-electron chi connectivity index (χ2n) is 3.46. The van der Waals surface area contributed by atoms with E-state index in [0.717, 1.165) is 5.56 Å². The number of allylic oxidation sites excluding steroid dienone is 1. The average Bonchev–Trinajstić information content (AvgIpc) is 2.42. The summed E-state index contributed by atoms with van der Waals surface area (Å²) in [5.74, 6) is 0.709. The normalized spacial score (nSPS) is 8.50. The molecule has 0 fully saturated rings. The summed E-state index contributed by atoms with van der Waals surface area (Å²) in [6, 6.07) is 12.7. The maximum atomic E-state index is 8.62. The lowest BCUT2D eigenvalue weighted by molar-refractivity contribution is 0.312. The Balaban J connectivity index is 2.59. The zero-order valence-electron chi connectivity index (χ0n) is 9.76. The molecule has 0 N–H and O–H groups in total. The van der Waals surface area contributed by atoms with Crippen molar-refractivity contribution in [1.82, 2.24) is 0 Å². The molecule has 1 rings (SSSR count). The van der Waals surface area contributed by atoms with E-state index in [2.05, 4.69) is 0 Å². The maximum Gasteiger partial charge on any atom is 0.130 e. The van der Waals surface area contributed by atoms with Crippen molar-refractivity contribution >= 4 is 6.08 Å². The van der Waals surface area contributed by atoms with Crippen LogP contribution in [0.15, 0.2) is 29.8 Å². The third-order valence-electron chi connectivity index (χ3n) is 2.13. The van der Waals surface area contributed by atoms with Crippen LogP contribution in [0.1, 0.15) is 18.4 Å². The number of hydrogen-bond donors (Lipinski definition) is 0. The van der Waals surface area contributed by atoms with E-state index < -0.39 is 0 Å². The zero-order chi connectivity index (χ0) is 13.2. The minimum absolute atomic E-state index is 0.0673. The molecular weight excluding hydrogens is 226 g/mol. The first kappa shape index (κ1) is 13.3. The summed E-state index contributed by atoms with van der Waals surface area (Å²) < 4.78 is 5.42. The molecule has 0 heterocycles. The van der Waals surface area contributed by atoms with Gasteiger partial charge in [-0.2, -0.15) is 15.8 Å². The van der Waals surface area contributed by atoms with Gasteiger partial charge in [-0.3, -0.25) is 0 Å². The molecule has 0 spiro atoms. The highest BCUT2D eigenvalue weighted by atomic mass is 16.5. The highest BCUT2D eigenvalue weighted by molar-refractivity contribution is 5.62. The predicted molar refractivity (Wildman–Crippen MR) is 66.0 cm³/mol. The van der Waals surface area contributed by atoms with Crippen molar-refractivity contribution in [2.45, 2.75) is 12.8 Å². The van der Waals surface area contributed by atoms with Crippen molar-refractivity contribution < 1.29 is 4.74 Å². The van der Waals surface area contributed by atoms with Crippen LogP contribution in [-0.4, -0.2) is 6.61 Å². The average molecular weight is 237 g/mol. The standard InChI is InChI=1S/C14H11N3O/c15-7-1-2-8-18-14-5-3-12(4-6-14)9-13(10-16)11-17/h3-6,9H,1-2,8H2. The van der Waals surface area contributed by atoms with Crippen molar-refractivity contribution in [2.75, 3.05) is 6.61 Å². The van der Waals surface area contributed by atoms with Crippen LogP contribution in [-0.2, 0) is 0 Å².